The quantitative estimate of drug-likeness (QED) is 0.362. The van der Waals surface area contributed by atoms with Gasteiger partial charge >= 0.3 is 10.2 Å². The van der Waals surface area contributed by atoms with Crippen LogP contribution in [0.3, 0.4) is 0 Å². The number of carbonyl (C=O) groups is 1. The molecule has 0 aliphatic heterocycles. The van der Waals surface area contributed by atoms with Crippen LogP contribution in [0.1, 0.15) is 15.2 Å². The summed E-state index contributed by atoms with van der Waals surface area (Å²) in [7, 11) is -4.85. The lowest BCUT2D eigenvalue weighted by Gasteiger charge is -2.03. The van der Waals surface area contributed by atoms with Gasteiger partial charge in [0.05, 0.1) is 10.5 Å². The fraction of sp³-hybridized carbons (Fsp3) is 0. The monoisotopic (exact) mass is 431 g/mol. The molecule has 3 rings (SSSR count). The summed E-state index contributed by atoms with van der Waals surface area (Å²) in [5.74, 6) is -5.37. The zero-order valence-electron chi connectivity index (χ0n) is 13.5. The standard InChI is InChI=1S/C16H9F4N3O3S2/c17-7-5-10(18)12(11(19)6-7)13(24)14-15(21)23-16(27-14)22-8-1-3-9(4-2-8)28(20,25)26/h1-6H,21H2,(H,22,23). The van der Waals surface area contributed by atoms with E-state index in [1.807, 2.05) is 0 Å². The number of ketones is 1. The average molecular weight is 431 g/mol. The summed E-state index contributed by atoms with van der Waals surface area (Å²) in [5, 5.41) is 2.75. The molecule has 2 aromatic carbocycles. The van der Waals surface area contributed by atoms with Gasteiger partial charge < -0.3 is 11.1 Å². The Labute approximate surface area is 159 Å². The molecule has 28 heavy (non-hydrogen) atoms. The van der Waals surface area contributed by atoms with E-state index in [4.69, 9.17) is 5.73 Å². The van der Waals surface area contributed by atoms with Crippen LogP contribution in [0.2, 0.25) is 0 Å². The second-order valence-corrected chi connectivity index (χ2v) is 7.74. The fourth-order valence-corrected chi connectivity index (χ4v) is 3.56. The van der Waals surface area contributed by atoms with E-state index in [2.05, 4.69) is 10.3 Å². The maximum Gasteiger partial charge on any atom is 0.332 e. The third-order valence-electron chi connectivity index (χ3n) is 3.48. The number of rotatable bonds is 5. The first-order valence-electron chi connectivity index (χ1n) is 7.33. The van der Waals surface area contributed by atoms with E-state index in [0.29, 0.717) is 29.2 Å². The summed E-state index contributed by atoms with van der Waals surface area (Å²) in [4.78, 5) is 15.4. The van der Waals surface area contributed by atoms with Gasteiger partial charge in [-0.25, -0.2) is 18.2 Å². The normalized spacial score (nSPS) is 11.4. The highest BCUT2D eigenvalue weighted by Gasteiger charge is 2.25. The predicted molar refractivity (Wildman–Crippen MR) is 94.3 cm³/mol. The van der Waals surface area contributed by atoms with Gasteiger partial charge in [0.25, 0.3) is 0 Å². The van der Waals surface area contributed by atoms with E-state index < -0.39 is 43.9 Å². The van der Waals surface area contributed by atoms with E-state index in [1.54, 1.807) is 0 Å². The van der Waals surface area contributed by atoms with Gasteiger partial charge in [-0.2, -0.15) is 8.42 Å². The Morgan fingerprint density at radius 2 is 1.64 bits per heavy atom. The molecule has 0 atom stereocenters. The second kappa shape index (κ2) is 7.20. The molecule has 3 N–H and O–H groups in total. The molecule has 0 aliphatic carbocycles. The van der Waals surface area contributed by atoms with Crippen LogP contribution in [-0.2, 0) is 10.2 Å². The van der Waals surface area contributed by atoms with Gasteiger partial charge in [0, 0.05) is 17.8 Å². The Morgan fingerprint density at radius 3 is 2.18 bits per heavy atom. The first-order valence-corrected chi connectivity index (χ1v) is 9.53. The number of hydrogen-bond donors (Lipinski definition) is 2. The molecule has 12 heteroatoms. The maximum absolute atomic E-state index is 13.8. The Bertz CT molecular complexity index is 1160. The summed E-state index contributed by atoms with van der Waals surface area (Å²) in [6.45, 7) is 0. The Kier molecular flexibility index (Phi) is 5.08. The summed E-state index contributed by atoms with van der Waals surface area (Å²) in [5.41, 5.74) is 4.95. The number of aromatic nitrogens is 1. The molecule has 0 fully saturated rings. The smallest absolute Gasteiger partial charge is 0.332 e. The van der Waals surface area contributed by atoms with Crippen LogP contribution >= 0.6 is 11.3 Å². The van der Waals surface area contributed by atoms with Crippen molar-refractivity contribution in [2.24, 2.45) is 0 Å². The molecular formula is C16H9F4N3O3S2. The van der Waals surface area contributed by atoms with Crippen LogP contribution in [0.15, 0.2) is 41.3 Å². The number of halogens is 4. The minimum absolute atomic E-state index is 0.0552. The molecule has 1 heterocycles. The van der Waals surface area contributed by atoms with Gasteiger partial charge in [0.1, 0.15) is 28.1 Å². The minimum atomic E-state index is -4.85. The van der Waals surface area contributed by atoms with Crippen molar-refractivity contribution in [3.63, 3.8) is 0 Å². The van der Waals surface area contributed by atoms with Gasteiger partial charge in [0.2, 0.25) is 5.78 Å². The zero-order valence-corrected chi connectivity index (χ0v) is 15.2. The highest BCUT2D eigenvalue weighted by molar-refractivity contribution is 7.86. The van der Waals surface area contributed by atoms with Crippen molar-refractivity contribution in [3.8, 4) is 0 Å². The van der Waals surface area contributed by atoms with Crippen LogP contribution in [0, 0.1) is 17.5 Å². The Morgan fingerprint density at radius 1 is 1.07 bits per heavy atom. The summed E-state index contributed by atoms with van der Waals surface area (Å²) in [6.07, 6.45) is 0. The fourth-order valence-electron chi connectivity index (χ4n) is 2.25. The first-order chi connectivity index (χ1) is 13.1. The van der Waals surface area contributed by atoms with Gasteiger partial charge in [-0.1, -0.05) is 11.3 Å². The number of thiazole rings is 1. The summed E-state index contributed by atoms with van der Waals surface area (Å²) in [6, 6.07) is 5.23. The van der Waals surface area contributed by atoms with Crippen molar-refractivity contribution in [1.29, 1.82) is 0 Å². The lowest BCUT2D eigenvalue weighted by atomic mass is 10.1. The molecule has 6 nitrogen and oxygen atoms in total. The number of hydrogen-bond acceptors (Lipinski definition) is 7. The Balaban J connectivity index is 1.89. The van der Waals surface area contributed by atoms with Crippen molar-refractivity contribution in [3.05, 3.63) is 64.3 Å². The largest absolute Gasteiger partial charge is 0.382 e. The zero-order chi connectivity index (χ0) is 20.6. The van der Waals surface area contributed by atoms with E-state index in [9.17, 15) is 30.3 Å². The van der Waals surface area contributed by atoms with E-state index in [-0.39, 0.29) is 15.8 Å². The van der Waals surface area contributed by atoms with E-state index in [1.165, 1.54) is 12.1 Å². The maximum atomic E-state index is 13.8. The van der Waals surface area contributed by atoms with Crippen molar-refractivity contribution in [1.82, 2.24) is 4.98 Å². The van der Waals surface area contributed by atoms with Crippen LogP contribution < -0.4 is 11.1 Å². The number of nitrogens with two attached hydrogens (primary N) is 1. The molecule has 0 unspecified atom stereocenters. The SMILES string of the molecule is Nc1nc(Nc2ccc(S(=O)(=O)F)cc2)sc1C(=O)c1c(F)cc(F)cc1F. The van der Waals surface area contributed by atoms with Crippen LogP contribution in [0.25, 0.3) is 0 Å². The van der Waals surface area contributed by atoms with Gasteiger partial charge in [-0.3, -0.25) is 4.79 Å². The third kappa shape index (κ3) is 3.97. The predicted octanol–water partition coefficient (Wildman–Crippen LogP) is 3.78. The number of nitrogen functional groups attached to an aromatic ring is 1. The molecule has 1 aromatic heterocycles. The molecule has 0 aliphatic rings. The second-order valence-electron chi connectivity index (χ2n) is 5.39. The highest BCUT2D eigenvalue weighted by Crippen LogP contribution is 2.31. The average Bonchev–Trinajstić information content (AvgIpc) is 2.93. The summed E-state index contributed by atoms with van der Waals surface area (Å²) >= 11 is 0.672. The Hall–Kier alpha value is -2.99. The first kappa shape index (κ1) is 19.8. The lowest BCUT2D eigenvalue weighted by molar-refractivity contribution is 0.103. The van der Waals surface area contributed by atoms with Gasteiger partial charge in [-0.05, 0) is 24.3 Å². The topological polar surface area (TPSA) is 102 Å². The van der Waals surface area contributed by atoms with E-state index in [0.717, 1.165) is 12.1 Å². The summed E-state index contributed by atoms with van der Waals surface area (Å²) < 4.78 is 75.1. The molecule has 0 spiro atoms. The number of anilines is 3. The van der Waals surface area contributed by atoms with Crippen molar-refractivity contribution in [2.75, 3.05) is 11.1 Å². The number of nitrogens with one attached hydrogen (secondary N) is 1. The molecule has 0 saturated heterocycles. The molecule has 3 aromatic rings. The molecule has 0 saturated carbocycles. The van der Waals surface area contributed by atoms with Crippen LogP contribution in [0.5, 0.6) is 0 Å². The van der Waals surface area contributed by atoms with Gasteiger partial charge in [-0.15, -0.1) is 3.89 Å². The van der Waals surface area contributed by atoms with Crippen molar-refractivity contribution >= 4 is 44.0 Å². The number of nitrogens with zero attached hydrogens (tertiary/aromatic N) is 1. The molecule has 0 bridgehead atoms. The molecule has 0 amide bonds. The number of benzene rings is 2. The van der Waals surface area contributed by atoms with Crippen LogP contribution in [0.4, 0.5) is 33.7 Å². The van der Waals surface area contributed by atoms with Gasteiger partial charge in [0.15, 0.2) is 5.13 Å². The molecule has 146 valence electrons. The minimum Gasteiger partial charge on any atom is -0.382 e. The van der Waals surface area contributed by atoms with Crippen LogP contribution in [-0.4, -0.2) is 19.2 Å². The highest BCUT2D eigenvalue weighted by atomic mass is 32.3. The van der Waals surface area contributed by atoms with Crippen molar-refractivity contribution in [2.45, 2.75) is 4.90 Å². The molecule has 0 radical (unpaired) electrons. The lowest BCUT2D eigenvalue weighted by Crippen LogP contribution is -2.08. The molecular weight excluding hydrogens is 422 g/mol. The third-order valence-corrected chi connectivity index (χ3v) is 5.30. The van der Waals surface area contributed by atoms with E-state index >= 15 is 0 Å². The number of carbonyl (C=O) groups excluding carboxylic acids is 1. The van der Waals surface area contributed by atoms with Crippen molar-refractivity contribution < 1.29 is 30.3 Å².